The fourth-order valence-corrected chi connectivity index (χ4v) is 3.60. The largest absolute Gasteiger partial charge is 0.313 e. The molecule has 0 radical (unpaired) electrons. The molecule has 0 amide bonds. The third kappa shape index (κ3) is 5.24. The van der Waals surface area contributed by atoms with Crippen LogP contribution in [0.5, 0.6) is 0 Å². The van der Waals surface area contributed by atoms with Gasteiger partial charge in [0.05, 0.1) is 10.1 Å². The van der Waals surface area contributed by atoms with E-state index in [9.17, 15) is 8.42 Å². The van der Waals surface area contributed by atoms with Gasteiger partial charge in [-0.15, -0.1) is 11.3 Å². The normalized spacial score (nSPS) is 16.1. The predicted molar refractivity (Wildman–Crippen MR) is 75.8 cm³/mol. The van der Waals surface area contributed by atoms with Crippen molar-refractivity contribution in [2.24, 2.45) is 0 Å². The summed E-state index contributed by atoms with van der Waals surface area (Å²) in [6, 6.07) is 4.31. The van der Waals surface area contributed by atoms with Crippen LogP contribution in [-0.2, 0) is 16.4 Å². The molecule has 1 aliphatic rings. The first-order chi connectivity index (χ1) is 8.55. The monoisotopic (exact) mass is 308 g/mol. The highest BCUT2D eigenvalue weighted by atomic mass is 35.5. The molecule has 1 fully saturated rings. The molecule has 18 heavy (non-hydrogen) atoms. The average molecular weight is 309 g/mol. The molecule has 4 nitrogen and oxygen atoms in total. The lowest BCUT2D eigenvalue weighted by molar-refractivity contribution is 0.576. The Hall–Kier alpha value is -0.140. The van der Waals surface area contributed by atoms with Crippen LogP contribution in [0.2, 0.25) is 4.34 Å². The fraction of sp³-hybridized carbons (Fsp3) is 0.636. The van der Waals surface area contributed by atoms with Gasteiger partial charge in [0.2, 0.25) is 10.0 Å². The quantitative estimate of drug-likeness (QED) is 0.767. The van der Waals surface area contributed by atoms with Crippen LogP contribution in [0.25, 0.3) is 0 Å². The number of nitrogens with one attached hydrogen (secondary N) is 2. The number of thiophene rings is 1. The van der Waals surface area contributed by atoms with Gasteiger partial charge in [-0.2, -0.15) is 0 Å². The summed E-state index contributed by atoms with van der Waals surface area (Å²) in [5, 5.41) is 3.19. The van der Waals surface area contributed by atoms with Gasteiger partial charge in [0, 0.05) is 24.0 Å². The number of sulfonamides is 1. The van der Waals surface area contributed by atoms with E-state index in [1.165, 1.54) is 24.2 Å². The molecule has 2 N–H and O–H groups in total. The van der Waals surface area contributed by atoms with Crippen LogP contribution in [0.3, 0.4) is 0 Å². The Morgan fingerprint density at radius 1 is 1.33 bits per heavy atom. The molecule has 0 saturated heterocycles. The van der Waals surface area contributed by atoms with Gasteiger partial charge in [-0.1, -0.05) is 11.6 Å². The van der Waals surface area contributed by atoms with Crippen molar-refractivity contribution in [2.75, 3.05) is 18.8 Å². The van der Waals surface area contributed by atoms with Gasteiger partial charge in [-0.05, 0) is 31.4 Å². The molecule has 1 aromatic rings. The number of hydrogen-bond donors (Lipinski definition) is 2. The van der Waals surface area contributed by atoms with Gasteiger partial charge < -0.3 is 5.32 Å². The summed E-state index contributed by atoms with van der Waals surface area (Å²) in [7, 11) is -3.15. The van der Waals surface area contributed by atoms with Crippen molar-refractivity contribution in [1.29, 1.82) is 0 Å². The average Bonchev–Trinajstić information content (AvgIpc) is 3.01. The summed E-state index contributed by atoms with van der Waals surface area (Å²) in [6.45, 7) is 0.966. The molecule has 2 rings (SSSR count). The predicted octanol–water partition coefficient (Wildman–Crippen LogP) is 1.62. The third-order valence-electron chi connectivity index (χ3n) is 2.70. The van der Waals surface area contributed by atoms with Crippen molar-refractivity contribution in [3.63, 3.8) is 0 Å². The standard InChI is InChI=1S/C11H17ClN2O2S2/c12-11-4-3-10(17-11)5-6-14-18(15,16)8-7-13-9-1-2-9/h3-4,9,13-14H,1-2,5-8H2. The van der Waals surface area contributed by atoms with E-state index in [1.54, 1.807) is 0 Å². The first-order valence-corrected chi connectivity index (χ1v) is 8.85. The zero-order valence-electron chi connectivity index (χ0n) is 9.99. The van der Waals surface area contributed by atoms with Crippen molar-refractivity contribution in [2.45, 2.75) is 25.3 Å². The van der Waals surface area contributed by atoms with Crippen LogP contribution in [0.15, 0.2) is 12.1 Å². The van der Waals surface area contributed by atoms with Crippen molar-refractivity contribution in [1.82, 2.24) is 10.0 Å². The summed E-state index contributed by atoms with van der Waals surface area (Å²) in [6.07, 6.45) is 3.03. The van der Waals surface area contributed by atoms with Gasteiger partial charge in [0.25, 0.3) is 0 Å². The Kier molecular flexibility index (Phi) is 5.03. The molecule has 0 spiro atoms. The molecule has 102 valence electrons. The number of rotatable bonds is 8. The maximum Gasteiger partial charge on any atom is 0.212 e. The van der Waals surface area contributed by atoms with Gasteiger partial charge in [-0.25, -0.2) is 13.1 Å². The molecule has 0 aromatic carbocycles. The van der Waals surface area contributed by atoms with Gasteiger partial charge >= 0.3 is 0 Å². The van der Waals surface area contributed by atoms with Crippen LogP contribution in [-0.4, -0.2) is 33.3 Å². The van der Waals surface area contributed by atoms with E-state index in [0.717, 1.165) is 9.21 Å². The molecule has 7 heteroatoms. The van der Waals surface area contributed by atoms with Gasteiger partial charge in [-0.3, -0.25) is 0 Å². The highest BCUT2D eigenvalue weighted by Gasteiger charge is 2.21. The summed E-state index contributed by atoms with van der Waals surface area (Å²) in [4.78, 5) is 1.10. The Morgan fingerprint density at radius 3 is 2.72 bits per heavy atom. The number of halogens is 1. The minimum atomic E-state index is -3.15. The maximum absolute atomic E-state index is 11.7. The molecular weight excluding hydrogens is 292 g/mol. The van der Waals surface area contributed by atoms with Crippen molar-refractivity contribution in [3.8, 4) is 0 Å². The molecule has 1 saturated carbocycles. The lowest BCUT2D eigenvalue weighted by atomic mass is 10.3. The topological polar surface area (TPSA) is 58.2 Å². The van der Waals surface area contributed by atoms with E-state index in [-0.39, 0.29) is 5.75 Å². The Balaban J connectivity index is 1.64. The Bertz CT molecular complexity index is 483. The van der Waals surface area contributed by atoms with Crippen LogP contribution >= 0.6 is 22.9 Å². The second kappa shape index (κ2) is 6.34. The summed E-state index contributed by atoms with van der Waals surface area (Å²) in [5.74, 6) is 0.148. The zero-order valence-corrected chi connectivity index (χ0v) is 12.4. The van der Waals surface area contributed by atoms with Crippen LogP contribution in [0.1, 0.15) is 17.7 Å². The highest BCUT2D eigenvalue weighted by molar-refractivity contribution is 7.89. The SMILES string of the molecule is O=S(=O)(CCNC1CC1)NCCc1ccc(Cl)s1. The number of hydrogen-bond acceptors (Lipinski definition) is 4. The smallest absolute Gasteiger partial charge is 0.212 e. The molecule has 0 unspecified atom stereocenters. The van der Waals surface area contributed by atoms with Crippen LogP contribution in [0, 0.1) is 0 Å². The van der Waals surface area contributed by atoms with Gasteiger partial charge in [0.15, 0.2) is 0 Å². The van der Waals surface area contributed by atoms with Crippen LogP contribution < -0.4 is 10.0 Å². The van der Waals surface area contributed by atoms with E-state index in [0.29, 0.717) is 25.6 Å². The minimum absolute atomic E-state index is 0.148. The second-order valence-corrected chi connectivity index (χ2v) is 8.12. The summed E-state index contributed by atoms with van der Waals surface area (Å²) in [5.41, 5.74) is 0. The van der Waals surface area contributed by atoms with E-state index >= 15 is 0 Å². The molecule has 1 heterocycles. The molecule has 1 aromatic heterocycles. The molecule has 0 aliphatic heterocycles. The van der Waals surface area contributed by atoms with Crippen molar-refractivity contribution in [3.05, 3.63) is 21.3 Å². The molecule has 1 aliphatic carbocycles. The van der Waals surface area contributed by atoms with Crippen molar-refractivity contribution < 1.29 is 8.42 Å². The first kappa shape index (κ1) is 14.3. The Labute approximate surface area is 117 Å². The van der Waals surface area contributed by atoms with Crippen molar-refractivity contribution >= 4 is 33.0 Å². The molecule has 0 atom stereocenters. The minimum Gasteiger partial charge on any atom is -0.313 e. The first-order valence-electron chi connectivity index (χ1n) is 6.00. The zero-order chi connectivity index (χ0) is 13.0. The Morgan fingerprint density at radius 2 is 2.11 bits per heavy atom. The summed E-state index contributed by atoms with van der Waals surface area (Å²) < 4.78 is 26.7. The molecular formula is C11H17ClN2O2S2. The lowest BCUT2D eigenvalue weighted by Gasteiger charge is -2.06. The van der Waals surface area contributed by atoms with E-state index in [2.05, 4.69) is 10.0 Å². The highest BCUT2D eigenvalue weighted by Crippen LogP contribution is 2.21. The van der Waals surface area contributed by atoms with E-state index in [4.69, 9.17) is 11.6 Å². The third-order valence-corrected chi connectivity index (χ3v) is 5.38. The lowest BCUT2D eigenvalue weighted by Crippen LogP contribution is -2.33. The summed E-state index contributed by atoms with van der Waals surface area (Å²) >= 11 is 7.29. The second-order valence-electron chi connectivity index (χ2n) is 4.40. The van der Waals surface area contributed by atoms with E-state index in [1.807, 2.05) is 12.1 Å². The molecule has 0 bridgehead atoms. The maximum atomic E-state index is 11.7. The van der Waals surface area contributed by atoms with Gasteiger partial charge in [0.1, 0.15) is 0 Å². The van der Waals surface area contributed by atoms with E-state index < -0.39 is 10.0 Å². The van der Waals surface area contributed by atoms with Crippen LogP contribution in [0.4, 0.5) is 0 Å². The fourth-order valence-electron chi connectivity index (χ4n) is 1.57.